The Balaban J connectivity index is 1.67. The summed E-state index contributed by atoms with van der Waals surface area (Å²) in [5, 5.41) is 21.9. The third-order valence-electron chi connectivity index (χ3n) is 6.37. The molecule has 1 unspecified atom stereocenters. The third-order valence-corrected chi connectivity index (χ3v) is 8.65. The number of aliphatic hydroxyl groups excluding tert-OH is 1. The normalized spacial score (nSPS) is 15.7. The highest BCUT2D eigenvalue weighted by atomic mass is 32.1. The average molecular weight is 507 g/mol. The van der Waals surface area contributed by atoms with Crippen molar-refractivity contribution in [2.24, 2.45) is 4.99 Å². The van der Waals surface area contributed by atoms with Crippen molar-refractivity contribution in [1.82, 2.24) is 14.8 Å². The lowest BCUT2D eigenvalue weighted by Gasteiger charge is -2.12. The van der Waals surface area contributed by atoms with E-state index in [4.69, 9.17) is 9.73 Å². The number of fused-ring (bicyclic) bond motifs is 3. The van der Waals surface area contributed by atoms with Crippen LogP contribution in [0.5, 0.6) is 0 Å². The third kappa shape index (κ3) is 4.03. The zero-order chi connectivity index (χ0) is 24.9. The smallest absolute Gasteiger partial charge is 0.308 e. The topological polar surface area (TPSA) is 89.6 Å². The van der Waals surface area contributed by atoms with Gasteiger partial charge in [0.25, 0.3) is 0 Å². The SMILES string of the molecule is COC(=O)CC1N=C(c2ccc(-c3ccsc3[C@H](C)O)cc2)c2c(sc(C)c2C)-n2c(C)nnc21. The van der Waals surface area contributed by atoms with E-state index in [1.54, 1.807) is 29.6 Å². The number of aromatic nitrogens is 3. The van der Waals surface area contributed by atoms with Crippen LogP contribution in [0, 0.1) is 20.8 Å². The summed E-state index contributed by atoms with van der Waals surface area (Å²) in [5.74, 6) is 1.05. The molecule has 9 heteroatoms. The van der Waals surface area contributed by atoms with Crippen LogP contribution in [-0.2, 0) is 9.53 Å². The van der Waals surface area contributed by atoms with Gasteiger partial charge in [0.05, 0.1) is 25.3 Å². The molecule has 0 amide bonds. The van der Waals surface area contributed by atoms with Crippen molar-refractivity contribution >= 4 is 34.4 Å². The highest BCUT2D eigenvalue weighted by Crippen LogP contribution is 2.40. The molecule has 0 radical (unpaired) electrons. The second-order valence-electron chi connectivity index (χ2n) is 8.63. The highest BCUT2D eigenvalue weighted by molar-refractivity contribution is 7.15. The van der Waals surface area contributed by atoms with E-state index in [2.05, 4.69) is 48.3 Å². The van der Waals surface area contributed by atoms with E-state index >= 15 is 0 Å². The minimum absolute atomic E-state index is 0.0792. The number of aliphatic hydroxyl groups is 1. The summed E-state index contributed by atoms with van der Waals surface area (Å²) in [7, 11) is 1.38. The van der Waals surface area contributed by atoms with Crippen LogP contribution in [0.3, 0.4) is 0 Å². The second kappa shape index (κ2) is 9.14. The molecule has 0 aliphatic carbocycles. The summed E-state index contributed by atoms with van der Waals surface area (Å²) in [6.07, 6.45) is -0.441. The largest absolute Gasteiger partial charge is 0.469 e. The van der Waals surface area contributed by atoms with Crippen molar-refractivity contribution < 1.29 is 14.6 Å². The summed E-state index contributed by atoms with van der Waals surface area (Å²) >= 11 is 3.24. The number of methoxy groups -OCH3 is 1. The minimum atomic E-state index is -0.520. The number of esters is 1. The van der Waals surface area contributed by atoms with E-state index in [-0.39, 0.29) is 12.4 Å². The van der Waals surface area contributed by atoms with Gasteiger partial charge in [-0.05, 0) is 55.8 Å². The molecule has 4 heterocycles. The second-order valence-corrected chi connectivity index (χ2v) is 10.8. The van der Waals surface area contributed by atoms with Gasteiger partial charge < -0.3 is 9.84 Å². The lowest BCUT2D eigenvalue weighted by atomic mass is 9.97. The molecule has 1 aliphatic rings. The summed E-state index contributed by atoms with van der Waals surface area (Å²) in [6, 6.07) is 9.76. The molecule has 2 atom stereocenters. The Hall–Kier alpha value is -3.14. The molecule has 1 aromatic carbocycles. The molecule has 1 N–H and O–H groups in total. The Bertz CT molecular complexity index is 1440. The first kappa shape index (κ1) is 23.6. The van der Waals surface area contributed by atoms with Crippen LogP contribution in [0.1, 0.15) is 63.6 Å². The van der Waals surface area contributed by atoms with E-state index in [9.17, 15) is 9.90 Å². The number of thiophene rings is 2. The van der Waals surface area contributed by atoms with Crippen LogP contribution in [0.15, 0.2) is 40.7 Å². The van der Waals surface area contributed by atoms with Crippen molar-refractivity contribution in [1.29, 1.82) is 0 Å². The minimum Gasteiger partial charge on any atom is -0.469 e. The molecule has 0 saturated heterocycles. The van der Waals surface area contributed by atoms with Gasteiger partial charge in [0.15, 0.2) is 5.82 Å². The summed E-state index contributed by atoms with van der Waals surface area (Å²) in [5.41, 5.74) is 6.05. The number of nitrogens with zero attached hydrogens (tertiary/aromatic N) is 4. The maximum atomic E-state index is 12.3. The Morgan fingerprint density at radius 3 is 2.54 bits per heavy atom. The number of aliphatic imine (C=N–C) groups is 1. The molecule has 5 rings (SSSR count). The van der Waals surface area contributed by atoms with Gasteiger partial charge in [0.1, 0.15) is 16.9 Å². The van der Waals surface area contributed by atoms with Gasteiger partial charge >= 0.3 is 5.97 Å². The van der Waals surface area contributed by atoms with Crippen molar-refractivity contribution in [3.8, 4) is 16.1 Å². The van der Waals surface area contributed by atoms with Crippen molar-refractivity contribution in [2.45, 2.75) is 46.3 Å². The Labute approximate surface area is 211 Å². The van der Waals surface area contributed by atoms with Crippen LogP contribution < -0.4 is 0 Å². The molecule has 0 bridgehead atoms. The van der Waals surface area contributed by atoms with Crippen molar-refractivity contribution in [3.63, 3.8) is 0 Å². The molecule has 180 valence electrons. The highest BCUT2D eigenvalue weighted by Gasteiger charge is 2.32. The fourth-order valence-electron chi connectivity index (χ4n) is 4.46. The standard InChI is InChI=1S/C26H26N4O3S2/c1-13-15(3)35-26-22(13)23(27-20(12-21(32)33-5)25-29-28-16(4)30(25)26)18-8-6-17(7-9-18)19-10-11-34-24(19)14(2)31/h6-11,14,20,31H,12H2,1-5H3/t14-,20?/m0/s1. The zero-order valence-corrected chi connectivity index (χ0v) is 21.8. The lowest BCUT2D eigenvalue weighted by molar-refractivity contribution is -0.141. The summed E-state index contributed by atoms with van der Waals surface area (Å²) < 4.78 is 6.99. The van der Waals surface area contributed by atoms with Crippen LogP contribution in [-0.4, -0.2) is 38.7 Å². The summed E-state index contributed by atoms with van der Waals surface area (Å²) in [6.45, 7) is 7.92. The zero-order valence-electron chi connectivity index (χ0n) is 20.2. The number of aryl methyl sites for hydroxylation is 2. The molecule has 1 aliphatic heterocycles. The average Bonchev–Trinajstić information content (AvgIpc) is 3.53. The van der Waals surface area contributed by atoms with E-state index in [1.165, 1.54) is 12.0 Å². The monoisotopic (exact) mass is 506 g/mol. The Morgan fingerprint density at radius 1 is 1.14 bits per heavy atom. The molecule has 7 nitrogen and oxygen atoms in total. The number of ether oxygens (including phenoxy) is 1. The molecule has 4 aromatic rings. The molecular weight excluding hydrogens is 480 g/mol. The quantitative estimate of drug-likeness (QED) is 0.362. The van der Waals surface area contributed by atoms with Gasteiger partial charge in [0.2, 0.25) is 0 Å². The van der Waals surface area contributed by atoms with Gasteiger partial charge in [-0.25, -0.2) is 0 Å². The molecular formula is C26H26N4O3S2. The molecule has 3 aromatic heterocycles. The van der Waals surface area contributed by atoms with Gasteiger partial charge in [-0.2, -0.15) is 0 Å². The fraction of sp³-hybridized carbons (Fsp3) is 0.308. The van der Waals surface area contributed by atoms with Crippen LogP contribution >= 0.6 is 22.7 Å². The maximum absolute atomic E-state index is 12.3. The van der Waals surface area contributed by atoms with E-state index in [0.29, 0.717) is 5.82 Å². The molecule has 0 fully saturated rings. The van der Waals surface area contributed by atoms with Gasteiger partial charge in [0, 0.05) is 20.9 Å². The fourth-order valence-corrected chi connectivity index (χ4v) is 6.53. The number of carbonyl (C=O) groups is 1. The first-order valence-corrected chi connectivity index (χ1v) is 13.0. The number of rotatable bonds is 5. The molecule has 35 heavy (non-hydrogen) atoms. The van der Waals surface area contributed by atoms with Gasteiger partial charge in [-0.3, -0.25) is 14.4 Å². The predicted molar refractivity (Wildman–Crippen MR) is 139 cm³/mol. The van der Waals surface area contributed by atoms with E-state index < -0.39 is 12.1 Å². The first-order chi connectivity index (χ1) is 16.8. The van der Waals surface area contributed by atoms with Gasteiger partial charge in [-0.15, -0.1) is 32.9 Å². The van der Waals surface area contributed by atoms with Crippen LogP contribution in [0.25, 0.3) is 16.1 Å². The number of benzene rings is 1. The number of carbonyl (C=O) groups excluding carboxylic acids is 1. The number of hydrogen-bond donors (Lipinski definition) is 1. The van der Waals surface area contributed by atoms with Crippen molar-refractivity contribution in [2.75, 3.05) is 7.11 Å². The van der Waals surface area contributed by atoms with E-state index in [0.717, 1.165) is 49.2 Å². The lowest BCUT2D eigenvalue weighted by Crippen LogP contribution is -2.12. The first-order valence-electron chi connectivity index (χ1n) is 11.3. The Kier molecular flexibility index (Phi) is 6.16. The van der Waals surface area contributed by atoms with E-state index in [1.807, 2.05) is 22.9 Å². The summed E-state index contributed by atoms with van der Waals surface area (Å²) in [4.78, 5) is 19.5. The molecule has 0 saturated carbocycles. The van der Waals surface area contributed by atoms with Crippen LogP contribution in [0.4, 0.5) is 0 Å². The molecule has 0 spiro atoms. The van der Waals surface area contributed by atoms with Crippen molar-refractivity contribution in [3.05, 3.63) is 73.8 Å². The Morgan fingerprint density at radius 2 is 1.86 bits per heavy atom. The van der Waals surface area contributed by atoms with Crippen LogP contribution in [0.2, 0.25) is 0 Å². The number of hydrogen-bond acceptors (Lipinski definition) is 8. The predicted octanol–water partition coefficient (Wildman–Crippen LogP) is 5.49. The van der Waals surface area contributed by atoms with Gasteiger partial charge in [-0.1, -0.05) is 24.3 Å². The maximum Gasteiger partial charge on any atom is 0.308 e.